The van der Waals surface area contributed by atoms with Gasteiger partial charge in [0.25, 0.3) is 5.56 Å². The molecule has 2 N–H and O–H groups in total. The van der Waals surface area contributed by atoms with Crippen molar-refractivity contribution < 1.29 is 22.3 Å². The number of hydrogen-bond acceptors (Lipinski definition) is 4. The molecule has 33 heavy (non-hydrogen) atoms. The highest BCUT2D eigenvalue weighted by molar-refractivity contribution is 7.77. The zero-order valence-electron chi connectivity index (χ0n) is 17.4. The zero-order valence-corrected chi connectivity index (χ0v) is 18.2. The number of H-pyrrole nitrogens is 1. The molecule has 1 fully saturated rings. The number of pyridine rings is 1. The van der Waals surface area contributed by atoms with Crippen LogP contribution >= 0.6 is 0 Å². The van der Waals surface area contributed by atoms with Crippen LogP contribution in [0.5, 0.6) is 11.5 Å². The van der Waals surface area contributed by atoms with Crippen LogP contribution < -0.4 is 15.0 Å². The summed E-state index contributed by atoms with van der Waals surface area (Å²) >= 11 is -2.46. The van der Waals surface area contributed by atoms with Crippen molar-refractivity contribution in [1.82, 2.24) is 14.3 Å². The molecule has 170 valence electrons. The summed E-state index contributed by atoms with van der Waals surface area (Å²) in [5.41, 5.74) is 1.32. The van der Waals surface area contributed by atoms with Crippen molar-refractivity contribution in [3.63, 3.8) is 0 Å². The van der Waals surface area contributed by atoms with Crippen molar-refractivity contribution in [2.45, 2.75) is 18.4 Å². The van der Waals surface area contributed by atoms with Crippen LogP contribution in [0.3, 0.4) is 0 Å². The molecular formula is C23H18F2N3O4S-. The topological polar surface area (TPSA) is 99.2 Å². The van der Waals surface area contributed by atoms with E-state index in [2.05, 4.69) is 9.71 Å². The highest BCUT2D eigenvalue weighted by Crippen LogP contribution is 2.48. The minimum Gasteiger partial charge on any atom is -0.760 e. The van der Waals surface area contributed by atoms with E-state index in [1.165, 1.54) is 10.6 Å². The predicted molar refractivity (Wildman–Crippen MR) is 118 cm³/mol. The van der Waals surface area contributed by atoms with Gasteiger partial charge in [0.15, 0.2) is 11.6 Å². The fourth-order valence-corrected chi connectivity index (χ4v) is 4.66. The van der Waals surface area contributed by atoms with Crippen LogP contribution in [0.4, 0.5) is 8.78 Å². The van der Waals surface area contributed by atoms with Gasteiger partial charge in [0.05, 0.1) is 5.54 Å². The van der Waals surface area contributed by atoms with Crippen molar-refractivity contribution in [3.8, 4) is 22.6 Å². The van der Waals surface area contributed by atoms with Gasteiger partial charge < -0.3 is 18.8 Å². The lowest BCUT2D eigenvalue weighted by Crippen LogP contribution is -2.30. The van der Waals surface area contributed by atoms with Crippen molar-refractivity contribution in [3.05, 3.63) is 82.4 Å². The van der Waals surface area contributed by atoms with E-state index in [1.54, 1.807) is 43.7 Å². The second-order valence-corrected chi connectivity index (χ2v) is 8.71. The fourth-order valence-electron chi connectivity index (χ4n) is 4.02. The number of aromatic amines is 1. The molecule has 10 heteroatoms. The van der Waals surface area contributed by atoms with E-state index in [0.29, 0.717) is 40.4 Å². The van der Waals surface area contributed by atoms with Gasteiger partial charge in [0.2, 0.25) is 0 Å². The summed E-state index contributed by atoms with van der Waals surface area (Å²) in [5.74, 6) is -1.49. The van der Waals surface area contributed by atoms with Gasteiger partial charge in [-0.05, 0) is 48.7 Å². The molecule has 2 heterocycles. The van der Waals surface area contributed by atoms with Crippen LogP contribution in [0.15, 0.2) is 59.7 Å². The minimum absolute atomic E-state index is 0.166. The molecule has 0 spiro atoms. The van der Waals surface area contributed by atoms with Gasteiger partial charge in [0, 0.05) is 53.3 Å². The lowest BCUT2D eigenvalue weighted by Gasteiger charge is -2.22. The molecule has 0 bridgehead atoms. The van der Waals surface area contributed by atoms with Crippen molar-refractivity contribution >= 4 is 22.2 Å². The standard InChI is InChI=1S/C23H19F2N3O4S/c1-28-12-17(15-6-9-26-21(15)22(28)29)16-10-13(23(7-8-23)27-33(30)31)2-4-19(16)32-20-5-3-14(24)11-18(20)25/h2-6,9-12,26-27H,7-8H2,1H3,(H,30,31)/p-1. The first-order valence-electron chi connectivity index (χ1n) is 10.1. The average molecular weight is 470 g/mol. The van der Waals surface area contributed by atoms with Crippen molar-refractivity contribution in [1.29, 1.82) is 0 Å². The third-order valence-electron chi connectivity index (χ3n) is 5.86. The monoisotopic (exact) mass is 470 g/mol. The summed E-state index contributed by atoms with van der Waals surface area (Å²) < 4.78 is 60.2. The van der Waals surface area contributed by atoms with E-state index in [4.69, 9.17) is 4.74 Å². The number of aryl methyl sites for hydroxylation is 1. The maximum Gasteiger partial charge on any atom is 0.274 e. The molecule has 0 aliphatic heterocycles. The lowest BCUT2D eigenvalue weighted by atomic mass is 9.96. The molecule has 0 amide bonds. The van der Waals surface area contributed by atoms with Crippen LogP contribution in [0.25, 0.3) is 22.0 Å². The number of fused-ring (bicyclic) bond motifs is 1. The number of benzene rings is 2. The number of ether oxygens (including phenoxy) is 1. The normalized spacial score (nSPS) is 15.5. The molecule has 1 unspecified atom stereocenters. The largest absolute Gasteiger partial charge is 0.760 e. The maximum absolute atomic E-state index is 14.3. The van der Waals surface area contributed by atoms with Gasteiger partial charge >= 0.3 is 0 Å². The zero-order chi connectivity index (χ0) is 23.3. The first kappa shape index (κ1) is 21.5. The predicted octanol–water partition coefficient (Wildman–Crippen LogP) is 3.98. The summed E-state index contributed by atoms with van der Waals surface area (Å²) in [7, 11) is 1.61. The second-order valence-electron chi connectivity index (χ2n) is 8.03. The molecule has 5 rings (SSSR count). The second kappa shape index (κ2) is 7.91. The van der Waals surface area contributed by atoms with Crippen LogP contribution in [-0.2, 0) is 23.9 Å². The number of halogens is 2. The highest BCUT2D eigenvalue weighted by atomic mass is 32.2. The molecule has 7 nitrogen and oxygen atoms in total. The summed E-state index contributed by atoms with van der Waals surface area (Å²) in [6, 6.07) is 9.87. The van der Waals surface area contributed by atoms with E-state index in [9.17, 15) is 22.3 Å². The quantitative estimate of drug-likeness (QED) is 0.417. The van der Waals surface area contributed by atoms with Gasteiger partial charge in [-0.2, -0.15) is 0 Å². The number of nitrogens with zero attached hydrogens (tertiary/aromatic N) is 1. The van der Waals surface area contributed by atoms with E-state index in [1.807, 2.05) is 0 Å². The van der Waals surface area contributed by atoms with E-state index in [-0.39, 0.29) is 17.1 Å². The Kier molecular flexibility index (Phi) is 5.15. The first-order valence-corrected chi connectivity index (χ1v) is 11.2. The lowest BCUT2D eigenvalue weighted by molar-refractivity contribution is 0.438. The molecule has 1 saturated carbocycles. The molecule has 2 aromatic carbocycles. The summed E-state index contributed by atoms with van der Waals surface area (Å²) in [6.45, 7) is 0. The van der Waals surface area contributed by atoms with Crippen molar-refractivity contribution in [2.75, 3.05) is 0 Å². The third kappa shape index (κ3) is 3.86. The summed E-state index contributed by atoms with van der Waals surface area (Å²) in [4.78, 5) is 15.5. The van der Waals surface area contributed by atoms with Crippen LogP contribution in [0.1, 0.15) is 18.4 Å². The Morgan fingerprint density at radius 3 is 2.58 bits per heavy atom. The van der Waals surface area contributed by atoms with Gasteiger partial charge in [0.1, 0.15) is 17.1 Å². The molecular weight excluding hydrogens is 452 g/mol. The van der Waals surface area contributed by atoms with E-state index >= 15 is 0 Å². The molecule has 2 aromatic heterocycles. The molecule has 1 atom stereocenters. The fraction of sp³-hybridized carbons (Fsp3) is 0.174. The van der Waals surface area contributed by atoms with Gasteiger partial charge in [-0.3, -0.25) is 9.00 Å². The minimum atomic E-state index is -2.46. The number of hydrogen-bond donors (Lipinski definition) is 2. The van der Waals surface area contributed by atoms with E-state index < -0.39 is 28.4 Å². The van der Waals surface area contributed by atoms with Gasteiger partial charge in [-0.15, -0.1) is 0 Å². The smallest absolute Gasteiger partial charge is 0.274 e. The summed E-state index contributed by atoms with van der Waals surface area (Å²) in [5, 5.41) is 0.630. The van der Waals surface area contributed by atoms with E-state index in [0.717, 1.165) is 12.1 Å². The number of rotatable bonds is 6. The molecule has 0 saturated heterocycles. The van der Waals surface area contributed by atoms with Crippen molar-refractivity contribution in [2.24, 2.45) is 7.05 Å². The molecule has 1 aliphatic carbocycles. The number of nitrogens with one attached hydrogen (secondary N) is 2. The van der Waals surface area contributed by atoms with Gasteiger partial charge in [-0.25, -0.2) is 13.5 Å². The molecule has 1 aliphatic rings. The van der Waals surface area contributed by atoms with Gasteiger partial charge in [-0.1, -0.05) is 6.07 Å². The third-order valence-corrected chi connectivity index (χ3v) is 6.42. The molecule has 0 radical (unpaired) electrons. The Balaban J connectivity index is 1.71. The first-order chi connectivity index (χ1) is 15.8. The summed E-state index contributed by atoms with van der Waals surface area (Å²) in [6.07, 6.45) is 4.54. The Labute approximate surface area is 189 Å². The van der Waals surface area contributed by atoms with Crippen LogP contribution in [0.2, 0.25) is 0 Å². The van der Waals surface area contributed by atoms with Crippen LogP contribution in [-0.4, -0.2) is 18.3 Å². The Hall–Kier alpha value is -3.34. The Morgan fingerprint density at radius 1 is 1.12 bits per heavy atom. The highest BCUT2D eigenvalue weighted by Gasteiger charge is 2.45. The molecule has 4 aromatic rings. The SMILES string of the molecule is Cn1cc(-c2cc(C3(NS(=O)[O-])CC3)ccc2Oc2ccc(F)cc2F)c2cc[nH]c2c1=O. The average Bonchev–Trinajstić information content (AvgIpc) is 3.36. The van der Waals surface area contributed by atoms with Crippen LogP contribution in [0, 0.1) is 11.6 Å². The number of aromatic nitrogens is 2. The Bertz CT molecular complexity index is 1480. The Morgan fingerprint density at radius 2 is 1.88 bits per heavy atom. The maximum atomic E-state index is 14.3.